The molecular weight excluding hydrogens is 455 g/mol. The lowest BCUT2D eigenvalue weighted by atomic mass is 9.89. The van der Waals surface area contributed by atoms with Crippen LogP contribution in [0.4, 0.5) is 13.2 Å². The molecule has 2 aromatic carbocycles. The molecule has 1 saturated heterocycles. The Morgan fingerprint density at radius 1 is 1.09 bits per heavy atom. The summed E-state index contributed by atoms with van der Waals surface area (Å²) in [4.78, 5) is 14.5. The number of nitrogens with zero attached hydrogens (tertiary/aromatic N) is 3. The van der Waals surface area contributed by atoms with Crippen molar-refractivity contribution in [1.29, 1.82) is 0 Å². The lowest BCUT2D eigenvalue weighted by Crippen LogP contribution is -2.44. The van der Waals surface area contributed by atoms with Crippen molar-refractivity contribution < 1.29 is 22.7 Å². The quantitative estimate of drug-likeness (QED) is 0.482. The molecule has 0 atom stereocenters. The van der Waals surface area contributed by atoms with Gasteiger partial charge in [-0.25, -0.2) is 4.68 Å². The number of rotatable bonds is 3. The zero-order valence-corrected chi connectivity index (χ0v) is 18.2. The topological polar surface area (TPSA) is 47.4 Å². The highest BCUT2D eigenvalue weighted by Crippen LogP contribution is 2.38. The minimum Gasteiger partial charge on any atom is -0.340 e. The molecule has 2 aliphatic rings. The number of carbonyl (C=O) groups excluding carboxylic acids is 1. The number of allylic oxidation sites excluding steroid dienone is 1. The standard InChI is InChI=1S/C24H19ClF3N3O2/c25-18-9-7-15(8-10-18)11-16-3-1-6-20-21(23(32)30-13-33-14-30)29-31(22(16)20)19-5-2-4-17(12-19)24(26,27)28/h2,4-5,7-12H,1,3,6,13-14H2/b16-11+. The highest BCUT2D eigenvalue weighted by Gasteiger charge is 2.34. The van der Waals surface area contributed by atoms with Crippen molar-refractivity contribution in [2.24, 2.45) is 0 Å². The number of ether oxygens (including phenoxy) is 1. The molecular formula is C24H19ClF3N3O2. The first kappa shape index (κ1) is 21.7. The molecule has 0 saturated carbocycles. The smallest absolute Gasteiger partial charge is 0.340 e. The molecule has 33 heavy (non-hydrogen) atoms. The Bertz CT molecular complexity index is 1240. The van der Waals surface area contributed by atoms with Crippen LogP contribution in [-0.4, -0.2) is 34.0 Å². The molecule has 1 aliphatic carbocycles. The number of halogens is 4. The molecule has 3 aromatic rings. The molecule has 0 spiro atoms. The molecule has 0 N–H and O–H groups in total. The summed E-state index contributed by atoms with van der Waals surface area (Å²) in [6.45, 7) is 0.356. The summed E-state index contributed by atoms with van der Waals surface area (Å²) in [6, 6.07) is 12.3. The SMILES string of the molecule is O=C(c1nn(-c2cccc(C(F)(F)F)c2)c2c1CCC/C2=C\c1ccc(Cl)cc1)N1COC1. The van der Waals surface area contributed by atoms with Gasteiger partial charge in [0.25, 0.3) is 5.91 Å². The van der Waals surface area contributed by atoms with Crippen LogP contribution in [0, 0.1) is 0 Å². The molecule has 0 bridgehead atoms. The Kier molecular flexibility index (Phi) is 5.50. The maximum absolute atomic E-state index is 13.4. The molecule has 1 aromatic heterocycles. The number of benzene rings is 2. The maximum atomic E-state index is 13.4. The fourth-order valence-electron chi connectivity index (χ4n) is 4.11. The first-order valence-corrected chi connectivity index (χ1v) is 10.8. The predicted octanol–water partition coefficient (Wildman–Crippen LogP) is 5.81. The van der Waals surface area contributed by atoms with Crippen LogP contribution in [0.25, 0.3) is 17.3 Å². The van der Waals surface area contributed by atoms with E-state index in [1.165, 1.54) is 15.6 Å². The van der Waals surface area contributed by atoms with Gasteiger partial charge in [-0.1, -0.05) is 29.8 Å². The van der Waals surface area contributed by atoms with Crippen molar-refractivity contribution in [2.45, 2.75) is 25.4 Å². The van der Waals surface area contributed by atoms with E-state index >= 15 is 0 Å². The Morgan fingerprint density at radius 3 is 2.52 bits per heavy atom. The summed E-state index contributed by atoms with van der Waals surface area (Å²) in [6.07, 6.45) is -0.389. The number of hydrogen-bond donors (Lipinski definition) is 0. The van der Waals surface area contributed by atoms with Crippen LogP contribution in [-0.2, 0) is 17.3 Å². The van der Waals surface area contributed by atoms with Gasteiger partial charge in [0, 0.05) is 10.6 Å². The fraction of sp³-hybridized carbons (Fsp3) is 0.250. The normalized spacial score (nSPS) is 17.1. The third-order valence-electron chi connectivity index (χ3n) is 5.77. The molecule has 1 aliphatic heterocycles. The Morgan fingerprint density at radius 2 is 1.85 bits per heavy atom. The van der Waals surface area contributed by atoms with E-state index in [0.29, 0.717) is 23.6 Å². The van der Waals surface area contributed by atoms with Gasteiger partial charge in [-0.15, -0.1) is 0 Å². The summed E-state index contributed by atoms with van der Waals surface area (Å²) in [5.41, 5.74) is 2.96. The van der Waals surface area contributed by atoms with E-state index < -0.39 is 11.7 Å². The van der Waals surface area contributed by atoms with Gasteiger partial charge in [0.05, 0.1) is 16.9 Å². The second kappa shape index (κ2) is 8.35. The van der Waals surface area contributed by atoms with Gasteiger partial charge in [-0.2, -0.15) is 18.3 Å². The van der Waals surface area contributed by atoms with Gasteiger partial charge in [0.2, 0.25) is 0 Å². The third-order valence-corrected chi connectivity index (χ3v) is 6.03. The third kappa shape index (κ3) is 4.16. The Balaban J connectivity index is 1.68. The molecule has 0 radical (unpaired) electrons. The molecule has 170 valence electrons. The van der Waals surface area contributed by atoms with Gasteiger partial charge in [0.15, 0.2) is 5.69 Å². The molecule has 0 unspecified atom stereocenters. The summed E-state index contributed by atoms with van der Waals surface area (Å²) >= 11 is 6.00. The lowest BCUT2D eigenvalue weighted by Gasteiger charge is -2.30. The van der Waals surface area contributed by atoms with Crippen molar-refractivity contribution >= 4 is 29.2 Å². The number of hydrogen-bond acceptors (Lipinski definition) is 3. The summed E-state index contributed by atoms with van der Waals surface area (Å²) in [5.74, 6) is -0.282. The lowest BCUT2D eigenvalue weighted by molar-refractivity contribution is -0.137. The minimum atomic E-state index is -4.49. The number of carbonyl (C=O) groups is 1. The zero-order chi connectivity index (χ0) is 23.2. The van der Waals surface area contributed by atoms with Crippen LogP contribution in [0.5, 0.6) is 0 Å². The van der Waals surface area contributed by atoms with Crippen LogP contribution in [0.3, 0.4) is 0 Å². The Labute approximate surface area is 193 Å². The Hall–Kier alpha value is -3.10. The van der Waals surface area contributed by atoms with E-state index in [2.05, 4.69) is 5.10 Å². The van der Waals surface area contributed by atoms with Gasteiger partial charge < -0.3 is 4.74 Å². The fourth-order valence-corrected chi connectivity index (χ4v) is 4.24. The van der Waals surface area contributed by atoms with Gasteiger partial charge in [-0.3, -0.25) is 9.69 Å². The highest BCUT2D eigenvalue weighted by molar-refractivity contribution is 6.30. The van der Waals surface area contributed by atoms with Crippen LogP contribution in [0.1, 0.15) is 45.7 Å². The van der Waals surface area contributed by atoms with E-state index in [1.807, 2.05) is 18.2 Å². The van der Waals surface area contributed by atoms with E-state index in [0.717, 1.165) is 35.3 Å². The molecule has 1 fully saturated rings. The van der Waals surface area contributed by atoms with E-state index in [9.17, 15) is 18.0 Å². The number of aromatic nitrogens is 2. The summed E-state index contributed by atoms with van der Waals surface area (Å²) in [7, 11) is 0. The molecule has 1 amide bonds. The minimum absolute atomic E-state index is 0.178. The van der Waals surface area contributed by atoms with Crippen molar-refractivity contribution in [3.63, 3.8) is 0 Å². The average molecular weight is 474 g/mol. The van der Waals surface area contributed by atoms with Crippen LogP contribution >= 0.6 is 11.6 Å². The predicted molar refractivity (Wildman–Crippen MR) is 118 cm³/mol. The molecule has 2 heterocycles. The highest BCUT2D eigenvalue weighted by atomic mass is 35.5. The maximum Gasteiger partial charge on any atom is 0.416 e. The van der Waals surface area contributed by atoms with Crippen LogP contribution in [0.2, 0.25) is 5.02 Å². The first-order valence-electron chi connectivity index (χ1n) is 10.4. The second-order valence-electron chi connectivity index (χ2n) is 8.02. The van der Waals surface area contributed by atoms with E-state index in [-0.39, 0.29) is 30.8 Å². The zero-order valence-electron chi connectivity index (χ0n) is 17.4. The number of fused-ring (bicyclic) bond motifs is 1. The van der Waals surface area contributed by atoms with E-state index in [1.54, 1.807) is 18.2 Å². The molecule has 9 heteroatoms. The van der Waals surface area contributed by atoms with Gasteiger partial charge in [0.1, 0.15) is 13.5 Å². The van der Waals surface area contributed by atoms with E-state index in [4.69, 9.17) is 16.3 Å². The van der Waals surface area contributed by atoms with Gasteiger partial charge in [-0.05, 0) is 66.8 Å². The molecule has 5 rings (SSSR count). The van der Waals surface area contributed by atoms with Gasteiger partial charge >= 0.3 is 6.18 Å². The average Bonchev–Trinajstić information content (AvgIpc) is 3.14. The molecule has 5 nitrogen and oxygen atoms in total. The number of amides is 1. The van der Waals surface area contributed by atoms with Crippen molar-refractivity contribution in [3.05, 3.63) is 81.6 Å². The van der Waals surface area contributed by atoms with Crippen molar-refractivity contribution in [1.82, 2.24) is 14.7 Å². The second-order valence-corrected chi connectivity index (χ2v) is 8.45. The first-order chi connectivity index (χ1) is 15.8. The summed E-state index contributed by atoms with van der Waals surface area (Å²) in [5, 5.41) is 5.15. The van der Waals surface area contributed by atoms with Crippen LogP contribution in [0.15, 0.2) is 48.5 Å². The summed E-state index contributed by atoms with van der Waals surface area (Å²) < 4.78 is 46.7. The number of alkyl halides is 3. The largest absolute Gasteiger partial charge is 0.416 e. The monoisotopic (exact) mass is 473 g/mol. The van der Waals surface area contributed by atoms with Crippen molar-refractivity contribution in [3.8, 4) is 5.69 Å². The van der Waals surface area contributed by atoms with Crippen LogP contribution < -0.4 is 0 Å². The van der Waals surface area contributed by atoms with Crippen molar-refractivity contribution in [2.75, 3.05) is 13.5 Å².